The summed E-state index contributed by atoms with van der Waals surface area (Å²) >= 11 is 0. The summed E-state index contributed by atoms with van der Waals surface area (Å²) in [4.78, 5) is 22.4. The first-order chi connectivity index (χ1) is 7.56. The van der Waals surface area contributed by atoms with E-state index in [1.807, 2.05) is 0 Å². The van der Waals surface area contributed by atoms with E-state index in [9.17, 15) is 9.59 Å². The zero-order valence-electron chi connectivity index (χ0n) is 9.22. The predicted molar refractivity (Wildman–Crippen MR) is 55.8 cm³/mol. The highest BCUT2D eigenvalue weighted by Gasteiger charge is 2.32. The Balaban J connectivity index is 2.48. The summed E-state index contributed by atoms with van der Waals surface area (Å²) in [5.74, 6) is -2.95. The number of carbonyl (C=O) groups is 2. The molecular weight excluding hydrogens is 212 g/mol. The standard InChI is InChI=1S/C11H16O5/c1-3-4-9(7(2)10(12)13)11(14)16-6-8-5-15-8/h3,7-9H,1,4-6H2,2H3,(H,12,13). The molecule has 1 N–H and O–H groups in total. The van der Waals surface area contributed by atoms with Crippen LogP contribution < -0.4 is 0 Å². The van der Waals surface area contributed by atoms with Crippen LogP contribution >= 0.6 is 0 Å². The molecule has 1 aliphatic rings. The molecule has 0 aromatic heterocycles. The zero-order valence-corrected chi connectivity index (χ0v) is 9.22. The number of aliphatic carboxylic acids is 1. The normalized spacial score (nSPS) is 21.9. The van der Waals surface area contributed by atoms with Crippen molar-refractivity contribution >= 4 is 11.9 Å². The monoisotopic (exact) mass is 228 g/mol. The summed E-state index contributed by atoms with van der Waals surface area (Å²) in [5.41, 5.74) is 0. The Morgan fingerprint density at radius 2 is 2.31 bits per heavy atom. The van der Waals surface area contributed by atoms with Crippen molar-refractivity contribution in [2.45, 2.75) is 19.4 Å². The number of rotatable bonds is 7. The molecular formula is C11H16O5. The molecule has 1 rings (SSSR count). The van der Waals surface area contributed by atoms with E-state index in [0.717, 1.165) is 0 Å². The number of ether oxygens (including phenoxy) is 2. The number of carbonyl (C=O) groups excluding carboxylic acids is 1. The molecule has 3 atom stereocenters. The maximum atomic E-state index is 11.6. The number of hydrogen-bond acceptors (Lipinski definition) is 4. The lowest BCUT2D eigenvalue weighted by Crippen LogP contribution is -2.29. The van der Waals surface area contributed by atoms with Crippen LogP contribution in [0.25, 0.3) is 0 Å². The predicted octanol–water partition coefficient (Wildman–Crippen LogP) is 0.841. The molecule has 0 aliphatic carbocycles. The number of esters is 1. The van der Waals surface area contributed by atoms with Gasteiger partial charge in [0.05, 0.1) is 18.4 Å². The molecule has 90 valence electrons. The third kappa shape index (κ3) is 3.66. The Labute approximate surface area is 94.0 Å². The molecule has 0 amide bonds. The van der Waals surface area contributed by atoms with Gasteiger partial charge in [-0.05, 0) is 6.42 Å². The number of carboxylic acids is 1. The summed E-state index contributed by atoms with van der Waals surface area (Å²) in [6.07, 6.45) is 1.82. The summed E-state index contributed by atoms with van der Waals surface area (Å²) in [5, 5.41) is 8.85. The molecule has 1 aliphatic heterocycles. The van der Waals surface area contributed by atoms with Crippen molar-refractivity contribution in [3.63, 3.8) is 0 Å². The van der Waals surface area contributed by atoms with Gasteiger partial charge in [-0.2, -0.15) is 0 Å². The third-order valence-corrected chi connectivity index (χ3v) is 2.53. The van der Waals surface area contributed by atoms with E-state index >= 15 is 0 Å². The first-order valence-electron chi connectivity index (χ1n) is 5.18. The molecule has 0 aromatic rings. The lowest BCUT2D eigenvalue weighted by atomic mass is 9.91. The van der Waals surface area contributed by atoms with Gasteiger partial charge in [0.1, 0.15) is 12.7 Å². The number of allylic oxidation sites excluding steroid dienone is 1. The van der Waals surface area contributed by atoms with Crippen molar-refractivity contribution in [2.24, 2.45) is 11.8 Å². The van der Waals surface area contributed by atoms with E-state index in [4.69, 9.17) is 14.6 Å². The highest BCUT2D eigenvalue weighted by atomic mass is 16.6. The number of hydrogen-bond donors (Lipinski definition) is 1. The van der Waals surface area contributed by atoms with Gasteiger partial charge < -0.3 is 14.6 Å². The summed E-state index contributed by atoms with van der Waals surface area (Å²) < 4.78 is 9.87. The van der Waals surface area contributed by atoms with Crippen LogP contribution in [0.1, 0.15) is 13.3 Å². The Morgan fingerprint density at radius 1 is 1.69 bits per heavy atom. The van der Waals surface area contributed by atoms with E-state index in [-0.39, 0.29) is 12.7 Å². The Bertz CT molecular complexity index is 282. The van der Waals surface area contributed by atoms with Crippen molar-refractivity contribution in [2.75, 3.05) is 13.2 Å². The van der Waals surface area contributed by atoms with Crippen LogP contribution in [0.15, 0.2) is 12.7 Å². The van der Waals surface area contributed by atoms with E-state index in [0.29, 0.717) is 13.0 Å². The van der Waals surface area contributed by atoms with Crippen molar-refractivity contribution < 1.29 is 24.2 Å². The summed E-state index contributed by atoms with van der Waals surface area (Å²) in [6, 6.07) is 0. The molecule has 0 aromatic carbocycles. The second-order valence-corrected chi connectivity index (χ2v) is 3.84. The van der Waals surface area contributed by atoms with Crippen LogP contribution in [0.4, 0.5) is 0 Å². The molecule has 0 radical (unpaired) electrons. The molecule has 16 heavy (non-hydrogen) atoms. The molecule has 0 spiro atoms. The molecule has 3 unspecified atom stereocenters. The van der Waals surface area contributed by atoms with Gasteiger partial charge in [-0.3, -0.25) is 9.59 Å². The van der Waals surface area contributed by atoms with Gasteiger partial charge in [0.2, 0.25) is 0 Å². The largest absolute Gasteiger partial charge is 0.481 e. The highest BCUT2D eigenvalue weighted by molar-refractivity contribution is 5.81. The molecule has 0 saturated carbocycles. The van der Waals surface area contributed by atoms with Crippen molar-refractivity contribution in [1.82, 2.24) is 0 Å². The smallest absolute Gasteiger partial charge is 0.310 e. The van der Waals surface area contributed by atoms with Crippen LogP contribution in [0, 0.1) is 11.8 Å². The van der Waals surface area contributed by atoms with Crippen LogP contribution in [0.5, 0.6) is 0 Å². The fourth-order valence-electron chi connectivity index (χ4n) is 1.30. The van der Waals surface area contributed by atoms with Crippen molar-refractivity contribution in [1.29, 1.82) is 0 Å². The van der Waals surface area contributed by atoms with E-state index in [1.165, 1.54) is 13.0 Å². The molecule has 1 heterocycles. The molecule has 1 saturated heterocycles. The minimum absolute atomic E-state index is 0.00605. The molecule has 1 fully saturated rings. The van der Waals surface area contributed by atoms with Crippen molar-refractivity contribution in [3.8, 4) is 0 Å². The first kappa shape index (κ1) is 12.7. The van der Waals surface area contributed by atoms with Crippen LogP contribution in [0.2, 0.25) is 0 Å². The fraction of sp³-hybridized carbons (Fsp3) is 0.636. The Morgan fingerprint density at radius 3 is 2.75 bits per heavy atom. The fourth-order valence-corrected chi connectivity index (χ4v) is 1.30. The SMILES string of the molecule is C=CCC(C(=O)OCC1CO1)C(C)C(=O)O. The van der Waals surface area contributed by atoms with Gasteiger partial charge in [0.25, 0.3) is 0 Å². The second-order valence-electron chi connectivity index (χ2n) is 3.84. The van der Waals surface area contributed by atoms with Crippen LogP contribution in [0.3, 0.4) is 0 Å². The molecule has 5 heteroatoms. The third-order valence-electron chi connectivity index (χ3n) is 2.53. The minimum Gasteiger partial charge on any atom is -0.481 e. The van der Waals surface area contributed by atoms with Gasteiger partial charge in [0.15, 0.2) is 0 Å². The van der Waals surface area contributed by atoms with E-state index < -0.39 is 23.8 Å². The average Bonchev–Trinajstić information content (AvgIpc) is 3.05. The van der Waals surface area contributed by atoms with Crippen LogP contribution in [-0.4, -0.2) is 36.4 Å². The lowest BCUT2D eigenvalue weighted by molar-refractivity contribution is -0.157. The van der Waals surface area contributed by atoms with E-state index in [2.05, 4.69) is 6.58 Å². The van der Waals surface area contributed by atoms with E-state index in [1.54, 1.807) is 0 Å². The molecule has 5 nitrogen and oxygen atoms in total. The van der Waals surface area contributed by atoms with Gasteiger partial charge in [-0.15, -0.1) is 6.58 Å². The molecule has 0 bridgehead atoms. The Hall–Kier alpha value is -1.36. The Kier molecular flexibility index (Phi) is 4.49. The van der Waals surface area contributed by atoms with Crippen molar-refractivity contribution in [3.05, 3.63) is 12.7 Å². The summed E-state index contributed by atoms with van der Waals surface area (Å²) in [6.45, 7) is 5.81. The maximum absolute atomic E-state index is 11.6. The average molecular weight is 228 g/mol. The summed E-state index contributed by atoms with van der Waals surface area (Å²) in [7, 11) is 0. The first-order valence-corrected chi connectivity index (χ1v) is 5.18. The lowest BCUT2D eigenvalue weighted by Gasteiger charge is -2.17. The van der Waals surface area contributed by atoms with Gasteiger partial charge >= 0.3 is 11.9 Å². The number of carboxylic acid groups (broad SMARTS) is 1. The number of epoxide rings is 1. The van der Waals surface area contributed by atoms with Crippen LogP contribution in [-0.2, 0) is 19.1 Å². The van der Waals surface area contributed by atoms with Gasteiger partial charge in [-0.25, -0.2) is 0 Å². The zero-order chi connectivity index (χ0) is 12.1. The highest BCUT2D eigenvalue weighted by Crippen LogP contribution is 2.19. The topological polar surface area (TPSA) is 76.1 Å². The minimum atomic E-state index is -1.01. The quantitative estimate of drug-likeness (QED) is 0.397. The maximum Gasteiger partial charge on any atom is 0.310 e. The van der Waals surface area contributed by atoms with Gasteiger partial charge in [0, 0.05) is 0 Å². The second kappa shape index (κ2) is 5.65. The van der Waals surface area contributed by atoms with Gasteiger partial charge in [-0.1, -0.05) is 13.0 Å².